The largest absolute Gasteiger partial charge is 0.331 e. The van der Waals surface area contributed by atoms with Crippen LogP contribution in [0.5, 0.6) is 0 Å². The summed E-state index contributed by atoms with van der Waals surface area (Å²) in [4.78, 5) is 1.77. The highest BCUT2D eigenvalue weighted by Crippen LogP contribution is 2.03. The van der Waals surface area contributed by atoms with E-state index in [-0.39, 0.29) is 0 Å². The molecule has 0 unspecified atom stereocenters. The molecule has 1 aliphatic heterocycles. The van der Waals surface area contributed by atoms with Crippen molar-refractivity contribution in [2.45, 2.75) is 39.2 Å². The smallest absolute Gasteiger partial charge is 0.103 e. The van der Waals surface area contributed by atoms with Crippen LogP contribution in [0, 0.1) is 6.92 Å². The van der Waals surface area contributed by atoms with Crippen LogP contribution in [0.2, 0.25) is 0 Å². The maximum absolute atomic E-state index is 2.28. The van der Waals surface area contributed by atoms with Gasteiger partial charge in [0.05, 0.1) is 13.1 Å². The van der Waals surface area contributed by atoms with Crippen molar-refractivity contribution in [1.29, 1.82) is 0 Å². The zero-order valence-corrected chi connectivity index (χ0v) is 9.76. The van der Waals surface area contributed by atoms with E-state index in [0.29, 0.717) is 0 Å². The van der Waals surface area contributed by atoms with Crippen molar-refractivity contribution in [3.63, 3.8) is 0 Å². The normalized spacial score (nSPS) is 18.7. The molecule has 0 spiro atoms. The Morgan fingerprint density at radius 3 is 2.13 bits per heavy atom. The van der Waals surface area contributed by atoms with Gasteiger partial charge in [-0.15, -0.1) is 0 Å². The minimum absolute atomic E-state index is 1.22. The first kappa shape index (κ1) is 10.7. The lowest BCUT2D eigenvalue weighted by Crippen LogP contribution is -3.10. The monoisotopic (exact) mass is 204 g/mol. The molecule has 1 heteroatoms. The Labute approximate surface area is 93.1 Å². The van der Waals surface area contributed by atoms with Gasteiger partial charge < -0.3 is 4.90 Å². The molecule has 1 aromatic carbocycles. The molecule has 0 aliphatic carbocycles. The van der Waals surface area contributed by atoms with Crippen LogP contribution in [0.3, 0.4) is 0 Å². The molecule has 1 aromatic rings. The van der Waals surface area contributed by atoms with Crippen LogP contribution in [0.15, 0.2) is 24.3 Å². The number of hydrogen-bond donors (Lipinski definition) is 1. The molecule has 0 saturated carbocycles. The van der Waals surface area contributed by atoms with Gasteiger partial charge in [-0.3, -0.25) is 0 Å². The highest BCUT2D eigenvalue weighted by Gasteiger charge is 2.12. The van der Waals surface area contributed by atoms with Gasteiger partial charge in [0.25, 0.3) is 0 Å². The molecule has 0 atom stereocenters. The number of rotatable bonds is 2. The summed E-state index contributed by atoms with van der Waals surface area (Å²) in [5, 5.41) is 0. The summed E-state index contributed by atoms with van der Waals surface area (Å²) >= 11 is 0. The molecule has 1 N–H and O–H groups in total. The summed E-state index contributed by atoms with van der Waals surface area (Å²) in [5.41, 5.74) is 2.86. The first-order chi connectivity index (χ1) is 7.34. The van der Waals surface area contributed by atoms with Crippen molar-refractivity contribution >= 4 is 0 Å². The van der Waals surface area contributed by atoms with Gasteiger partial charge in [-0.1, -0.05) is 29.8 Å². The number of nitrogens with one attached hydrogen (secondary N) is 1. The molecular weight excluding hydrogens is 182 g/mol. The van der Waals surface area contributed by atoms with E-state index in [1.165, 1.54) is 56.4 Å². The number of hydrogen-bond acceptors (Lipinski definition) is 0. The Bertz CT molecular complexity index is 281. The van der Waals surface area contributed by atoms with Crippen molar-refractivity contribution < 1.29 is 4.90 Å². The topological polar surface area (TPSA) is 4.44 Å². The maximum atomic E-state index is 2.28. The summed E-state index contributed by atoms with van der Waals surface area (Å²) in [7, 11) is 0. The summed E-state index contributed by atoms with van der Waals surface area (Å²) in [6.45, 7) is 6.12. The van der Waals surface area contributed by atoms with E-state index in [9.17, 15) is 0 Å². The van der Waals surface area contributed by atoms with E-state index >= 15 is 0 Å². The van der Waals surface area contributed by atoms with Crippen LogP contribution in [0.1, 0.15) is 36.8 Å². The van der Waals surface area contributed by atoms with Crippen LogP contribution in [0.4, 0.5) is 0 Å². The first-order valence-corrected chi connectivity index (χ1v) is 6.24. The predicted molar refractivity (Wildman–Crippen MR) is 64.0 cm³/mol. The van der Waals surface area contributed by atoms with Crippen LogP contribution in [-0.4, -0.2) is 13.1 Å². The van der Waals surface area contributed by atoms with Gasteiger partial charge in [0.15, 0.2) is 0 Å². The third kappa shape index (κ3) is 3.35. The zero-order valence-electron chi connectivity index (χ0n) is 9.76. The van der Waals surface area contributed by atoms with E-state index < -0.39 is 0 Å². The maximum Gasteiger partial charge on any atom is 0.103 e. The number of benzene rings is 1. The molecule has 0 aromatic heterocycles. The third-order valence-electron chi connectivity index (χ3n) is 3.39. The molecule has 2 rings (SSSR count). The molecule has 1 nitrogen and oxygen atoms in total. The molecule has 1 heterocycles. The molecule has 1 saturated heterocycles. The lowest BCUT2D eigenvalue weighted by atomic mass is 10.1. The standard InChI is InChI=1S/C14H21N/c1-13-6-8-14(9-7-13)12-15-10-4-2-3-5-11-15/h6-9H,2-5,10-12H2,1H3/p+1. The van der Waals surface area contributed by atoms with Gasteiger partial charge in [0, 0.05) is 5.56 Å². The molecular formula is C14H22N+. The second-order valence-electron chi connectivity index (χ2n) is 4.83. The van der Waals surface area contributed by atoms with Gasteiger partial charge in [-0.05, 0) is 32.6 Å². The molecule has 0 radical (unpaired) electrons. The Morgan fingerprint density at radius 2 is 1.53 bits per heavy atom. The minimum atomic E-state index is 1.22. The summed E-state index contributed by atoms with van der Waals surface area (Å²) in [6, 6.07) is 9.03. The molecule has 0 bridgehead atoms. The van der Waals surface area contributed by atoms with Crippen molar-refractivity contribution in [3.8, 4) is 0 Å². The highest BCUT2D eigenvalue weighted by molar-refractivity contribution is 5.20. The van der Waals surface area contributed by atoms with Crippen LogP contribution in [0.25, 0.3) is 0 Å². The molecule has 15 heavy (non-hydrogen) atoms. The van der Waals surface area contributed by atoms with Gasteiger partial charge in [-0.2, -0.15) is 0 Å². The second kappa shape index (κ2) is 5.32. The summed E-state index contributed by atoms with van der Waals surface area (Å²) in [5.74, 6) is 0. The van der Waals surface area contributed by atoms with Crippen molar-refractivity contribution in [3.05, 3.63) is 35.4 Å². The molecule has 0 amide bonds. The predicted octanol–water partition coefficient (Wildman–Crippen LogP) is 1.95. The van der Waals surface area contributed by atoms with Gasteiger partial charge in [0.2, 0.25) is 0 Å². The number of quaternary nitrogens is 1. The van der Waals surface area contributed by atoms with Crippen molar-refractivity contribution in [2.24, 2.45) is 0 Å². The van der Waals surface area contributed by atoms with E-state index in [1.54, 1.807) is 4.90 Å². The zero-order chi connectivity index (χ0) is 10.5. The van der Waals surface area contributed by atoms with Crippen LogP contribution in [-0.2, 0) is 6.54 Å². The van der Waals surface area contributed by atoms with Crippen LogP contribution < -0.4 is 4.90 Å². The van der Waals surface area contributed by atoms with E-state index in [2.05, 4.69) is 31.2 Å². The molecule has 1 aliphatic rings. The fourth-order valence-corrected chi connectivity index (χ4v) is 2.40. The van der Waals surface area contributed by atoms with Crippen molar-refractivity contribution in [1.82, 2.24) is 0 Å². The Hall–Kier alpha value is -0.820. The van der Waals surface area contributed by atoms with Gasteiger partial charge >= 0.3 is 0 Å². The Balaban J connectivity index is 1.92. The summed E-state index contributed by atoms with van der Waals surface area (Å²) < 4.78 is 0. The Kier molecular flexibility index (Phi) is 3.79. The van der Waals surface area contributed by atoms with Gasteiger partial charge in [0.1, 0.15) is 6.54 Å². The fraction of sp³-hybridized carbons (Fsp3) is 0.571. The van der Waals surface area contributed by atoms with Gasteiger partial charge in [-0.25, -0.2) is 0 Å². The SMILES string of the molecule is Cc1ccc(C[NH+]2CCCCCC2)cc1. The van der Waals surface area contributed by atoms with Crippen molar-refractivity contribution in [2.75, 3.05) is 13.1 Å². The lowest BCUT2D eigenvalue weighted by Gasteiger charge is -2.16. The average Bonchev–Trinajstić information content (AvgIpc) is 2.50. The van der Waals surface area contributed by atoms with E-state index in [1.807, 2.05) is 0 Å². The Morgan fingerprint density at radius 1 is 0.933 bits per heavy atom. The summed E-state index contributed by atoms with van der Waals surface area (Å²) in [6.07, 6.45) is 5.72. The van der Waals surface area contributed by atoms with E-state index in [0.717, 1.165) is 0 Å². The molecule has 1 fully saturated rings. The van der Waals surface area contributed by atoms with Crippen LogP contribution >= 0.6 is 0 Å². The second-order valence-corrected chi connectivity index (χ2v) is 4.83. The van der Waals surface area contributed by atoms with E-state index in [4.69, 9.17) is 0 Å². The highest BCUT2D eigenvalue weighted by atomic mass is 15.1. The lowest BCUT2D eigenvalue weighted by molar-refractivity contribution is -0.913. The number of aryl methyl sites for hydroxylation is 1. The quantitative estimate of drug-likeness (QED) is 0.751. The average molecular weight is 204 g/mol. The fourth-order valence-electron chi connectivity index (χ4n) is 2.40. The third-order valence-corrected chi connectivity index (χ3v) is 3.39. The first-order valence-electron chi connectivity index (χ1n) is 6.24. The number of likely N-dealkylation sites (tertiary alicyclic amines) is 1. The minimum Gasteiger partial charge on any atom is -0.331 e. The molecule has 82 valence electrons.